The van der Waals surface area contributed by atoms with Crippen molar-refractivity contribution in [3.8, 4) is 17.1 Å². The van der Waals surface area contributed by atoms with Gasteiger partial charge in [0.1, 0.15) is 0 Å². The first-order valence-corrected chi connectivity index (χ1v) is 14.4. The molecule has 0 unspecified atom stereocenters. The maximum absolute atomic E-state index is 9.80. The average Bonchev–Trinajstić information content (AvgIpc) is 3.90. The zero-order chi connectivity index (χ0) is 41.1. The Kier molecular flexibility index (Phi) is 2.68. The maximum atomic E-state index is 9.80. The van der Waals surface area contributed by atoms with Crippen LogP contribution >= 0.6 is 11.8 Å². The lowest BCUT2D eigenvalue weighted by molar-refractivity contribution is 0.893. The zero-order valence-electron chi connectivity index (χ0n) is 36.9. The van der Waals surface area contributed by atoms with Crippen molar-refractivity contribution in [1.82, 2.24) is 18.7 Å². The standard InChI is InChI=1S/C38H24N4S/c1-5-13-33-27(9-1)28-10-2-6-14-34(28)41(33)26-18-20-36-30(22-26)29-11-3-7-15-35(29)40(36)25-17-19-32-24(21-25)23-43-38-39-31-12-4-8-16-37(31)42(32)38/h1-22H,23H2/i1D,2D,3D,5D,6D,7D,9D,10D,11D,13D,14D,15D,18D,20D,22D. The van der Waals surface area contributed by atoms with Crippen molar-refractivity contribution in [2.45, 2.75) is 10.9 Å². The van der Waals surface area contributed by atoms with Gasteiger partial charge in [-0.25, -0.2) is 4.98 Å². The van der Waals surface area contributed by atoms with E-state index in [1.54, 1.807) is 6.07 Å². The topological polar surface area (TPSA) is 27.7 Å². The lowest BCUT2D eigenvalue weighted by Gasteiger charge is -2.20. The van der Waals surface area contributed by atoms with Crippen LogP contribution in [-0.2, 0) is 5.75 Å². The molecule has 10 rings (SSSR count). The molecule has 0 fully saturated rings. The molecule has 0 radical (unpaired) electrons. The third-order valence-electron chi connectivity index (χ3n) is 7.85. The fourth-order valence-electron chi connectivity index (χ4n) is 6.04. The molecule has 0 aliphatic carbocycles. The highest BCUT2D eigenvalue weighted by atomic mass is 32.2. The van der Waals surface area contributed by atoms with Crippen LogP contribution in [0, 0.1) is 0 Å². The molecule has 6 aromatic carbocycles. The van der Waals surface area contributed by atoms with Crippen LogP contribution in [0.2, 0.25) is 0 Å². The van der Waals surface area contributed by atoms with E-state index in [1.165, 1.54) is 16.3 Å². The van der Waals surface area contributed by atoms with Gasteiger partial charge in [-0.1, -0.05) is 78.3 Å². The van der Waals surface area contributed by atoms with E-state index in [2.05, 4.69) is 0 Å². The summed E-state index contributed by atoms with van der Waals surface area (Å²) in [7, 11) is 0. The molecular weight excluding hydrogens is 545 g/mol. The fraction of sp³-hybridized carbons (Fsp3) is 0.0263. The van der Waals surface area contributed by atoms with Crippen LogP contribution in [0.1, 0.15) is 26.1 Å². The normalized spacial score (nSPS) is 17.8. The minimum absolute atomic E-state index is 0.0669. The number of para-hydroxylation sites is 5. The molecule has 0 saturated carbocycles. The van der Waals surface area contributed by atoms with Crippen LogP contribution in [0.25, 0.3) is 71.7 Å². The summed E-state index contributed by atoms with van der Waals surface area (Å²) in [4.78, 5) is 4.77. The van der Waals surface area contributed by atoms with E-state index in [4.69, 9.17) is 21.4 Å². The molecule has 43 heavy (non-hydrogen) atoms. The second-order valence-electron chi connectivity index (χ2n) is 10.1. The summed E-state index contributed by atoms with van der Waals surface area (Å²) < 4.78 is 138. The Morgan fingerprint density at radius 1 is 0.581 bits per heavy atom. The molecule has 1 aliphatic heterocycles. The Balaban J connectivity index is 1.38. The number of aromatic nitrogens is 4. The number of benzene rings is 6. The smallest absolute Gasteiger partial charge is 0.174 e. The second kappa shape index (κ2) is 8.63. The van der Waals surface area contributed by atoms with E-state index in [-0.39, 0.29) is 43.6 Å². The largest absolute Gasteiger partial charge is 0.309 e. The number of hydrogen-bond donors (Lipinski definition) is 0. The van der Waals surface area contributed by atoms with Crippen molar-refractivity contribution in [2.24, 2.45) is 0 Å². The monoisotopic (exact) mass is 583 g/mol. The lowest BCUT2D eigenvalue weighted by atomic mass is 10.1. The Labute approximate surface area is 272 Å². The van der Waals surface area contributed by atoms with Crippen molar-refractivity contribution in [1.29, 1.82) is 0 Å². The molecule has 4 heterocycles. The van der Waals surface area contributed by atoms with Crippen LogP contribution in [0.3, 0.4) is 0 Å². The van der Waals surface area contributed by atoms with E-state index in [9.17, 15) is 4.11 Å². The summed E-state index contributed by atoms with van der Waals surface area (Å²) in [6.07, 6.45) is 0. The van der Waals surface area contributed by atoms with Crippen LogP contribution in [0.4, 0.5) is 0 Å². The maximum Gasteiger partial charge on any atom is 0.174 e. The molecule has 1 aliphatic rings. The number of fused-ring (bicyclic) bond motifs is 11. The molecule has 5 heteroatoms. The molecule has 0 bridgehead atoms. The van der Waals surface area contributed by atoms with Crippen molar-refractivity contribution in [3.63, 3.8) is 0 Å². The summed E-state index contributed by atoms with van der Waals surface area (Å²) in [6.45, 7) is 0. The minimum Gasteiger partial charge on any atom is -0.309 e. The third kappa shape index (κ3) is 3.20. The zero-order valence-corrected chi connectivity index (χ0v) is 22.8. The molecule has 4 nitrogen and oxygen atoms in total. The van der Waals surface area contributed by atoms with E-state index in [1.807, 2.05) is 41.0 Å². The highest BCUT2D eigenvalue weighted by Crippen LogP contribution is 2.40. The van der Waals surface area contributed by atoms with Gasteiger partial charge in [-0.15, -0.1) is 0 Å². The molecule has 0 spiro atoms. The molecule has 9 aromatic rings. The van der Waals surface area contributed by atoms with Crippen LogP contribution in [-0.4, -0.2) is 18.7 Å². The molecule has 202 valence electrons. The first-order chi connectivity index (χ1) is 27.6. The first kappa shape index (κ1) is 13.4. The molecule has 0 atom stereocenters. The van der Waals surface area contributed by atoms with Gasteiger partial charge in [0.05, 0.1) is 59.3 Å². The third-order valence-corrected chi connectivity index (χ3v) is 8.84. The Morgan fingerprint density at radius 2 is 1.21 bits per heavy atom. The summed E-state index contributed by atoms with van der Waals surface area (Å²) in [5, 5.41) is -0.0529. The highest BCUT2D eigenvalue weighted by Gasteiger charge is 2.22. The lowest BCUT2D eigenvalue weighted by Crippen LogP contribution is -2.07. The minimum atomic E-state index is -0.700. The summed E-state index contributed by atoms with van der Waals surface area (Å²) in [6, 6.07) is 3.94. The average molecular weight is 584 g/mol. The second-order valence-corrected chi connectivity index (χ2v) is 11.1. The summed E-state index contributed by atoms with van der Waals surface area (Å²) >= 11 is 1.51. The van der Waals surface area contributed by atoms with Gasteiger partial charge in [0.25, 0.3) is 0 Å². The summed E-state index contributed by atoms with van der Waals surface area (Å²) in [5.41, 5.74) is 2.45. The van der Waals surface area contributed by atoms with Crippen molar-refractivity contribution >= 4 is 66.4 Å². The number of hydrogen-bond acceptors (Lipinski definition) is 2. The van der Waals surface area contributed by atoms with Crippen LogP contribution in [0.15, 0.2) is 138 Å². The Bertz CT molecular complexity index is 3350. The fourth-order valence-corrected chi connectivity index (χ4v) is 7.04. The molecular formula is C38H24N4S. The number of imidazole rings is 1. The van der Waals surface area contributed by atoms with E-state index in [0.29, 0.717) is 11.4 Å². The quantitative estimate of drug-likeness (QED) is 0.203. The van der Waals surface area contributed by atoms with Gasteiger partial charge >= 0.3 is 0 Å². The predicted octanol–water partition coefficient (Wildman–Crippen LogP) is 9.83. The Hall–Kier alpha value is -5.26. The van der Waals surface area contributed by atoms with E-state index in [0.717, 1.165) is 32.0 Å². The van der Waals surface area contributed by atoms with Crippen molar-refractivity contribution < 1.29 is 20.6 Å². The van der Waals surface area contributed by atoms with E-state index < -0.39 is 96.3 Å². The van der Waals surface area contributed by atoms with Crippen molar-refractivity contribution in [3.05, 3.63) is 139 Å². The van der Waals surface area contributed by atoms with Crippen LogP contribution < -0.4 is 0 Å². The SMILES string of the molecule is [2H]c1c([2H])c([2H])c2c(c1[2H])c1c([2H])c(-n3c4c([2H])c([2H])c([2H])c([2H])c4c4c([2H])c([2H])c([2H])c([2H])c43)c([2H])c([2H])c1n2-c1ccc2c(c1)CSc1nc3ccccc3n1-2. The highest BCUT2D eigenvalue weighted by molar-refractivity contribution is 7.98. The number of rotatable bonds is 2. The molecule has 0 amide bonds. The Morgan fingerprint density at radius 3 is 1.95 bits per heavy atom. The van der Waals surface area contributed by atoms with Crippen LogP contribution in [0.5, 0.6) is 0 Å². The van der Waals surface area contributed by atoms with Crippen molar-refractivity contribution in [2.75, 3.05) is 0 Å². The number of nitrogens with zero attached hydrogens (tertiary/aromatic N) is 4. The molecule has 0 N–H and O–H groups in total. The summed E-state index contributed by atoms with van der Waals surface area (Å²) in [5.74, 6) is 0.498. The first-order valence-electron chi connectivity index (χ1n) is 20.9. The van der Waals surface area contributed by atoms with E-state index >= 15 is 0 Å². The van der Waals surface area contributed by atoms with Gasteiger partial charge in [-0.2, -0.15) is 0 Å². The predicted molar refractivity (Wildman–Crippen MR) is 179 cm³/mol. The molecule has 3 aromatic heterocycles. The van der Waals surface area contributed by atoms with Gasteiger partial charge in [0, 0.05) is 38.7 Å². The molecule has 0 saturated heterocycles. The van der Waals surface area contributed by atoms with Gasteiger partial charge in [0.2, 0.25) is 0 Å². The van der Waals surface area contributed by atoms with Gasteiger partial charge in [-0.3, -0.25) is 4.57 Å². The number of thioether (sulfide) groups is 1. The van der Waals surface area contributed by atoms with Gasteiger partial charge < -0.3 is 9.13 Å². The van der Waals surface area contributed by atoms with Gasteiger partial charge in [-0.05, 0) is 72.1 Å². The van der Waals surface area contributed by atoms with Gasteiger partial charge in [0.15, 0.2) is 5.16 Å².